The van der Waals surface area contributed by atoms with Gasteiger partial charge in [0, 0.05) is 67.4 Å². The number of phosphoric ester groups is 2. The summed E-state index contributed by atoms with van der Waals surface area (Å²) < 4.78 is 149. The molecular formula is C98H146N15O31P3Si2. The number of benzene rings is 1. The van der Waals surface area contributed by atoms with Crippen molar-refractivity contribution >= 4 is 93.3 Å². The lowest BCUT2D eigenvalue weighted by atomic mass is 10.0. The van der Waals surface area contributed by atoms with Crippen molar-refractivity contribution in [3.05, 3.63) is 168 Å². The van der Waals surface area contributed by atoms with Crippen LogP contribution in [0.1, 0.15) is 262 Å². The molecule has 4 saturated heterocycles. The minimum atomic E-state index is -5.53. The molecule has 0 aliphatic carbocycles. The summed E-state index contributed by atoms with van der Waals surface area (Å²) in [5, 5.41) is 15.1. The summed E-state index contributed by atoms with van der Waals surface area (Å²) in [6.07, 6.45) is 0.506. The number of hydrogen-bond acceptors (Lipinski definition) is 34. The van der Waals surface area contributed by atoms with Crippen LogP contribution in [0.4, 0.5) is 11.8 Å². The molecule has 5 aromatic heterocycles. The van der Waals surface area contributed by atoms with Crippen LogP contribution in [-0.2, 0) is 102 Å². The number of H-pyrrole nitrogens is 2. The second kappa shape index (κ2) is 55.4. The van der Waals surface area contributed by atoms with E-state index in [1.807, 2.05) is 74.7 Å². The quantitative estimate of drug-likeness (QED) is 0.00778. The highest BCUT2D eigenvalue weighted by Gasteiger charge is 2.58. The first-order chi connectivity index (χ1) is 70.5. The van der Waals surface area contributed by atoms with Gasteiger partial charge < -0.3 is 80.6 Å². The predicted octanol–water partition coefficient (Wildman–Crippen LogP) is 14.9. The number of anilines is 2. The Morgan fingerprint density at radius 3 is 1.70 bits per heavy atom. The molecule has 5 N–H and O–H groups in total. The third-order valence-electron chi connectivity index (χ3n) is 27.0. The van der Waals surface area contributed by atoms with E-state index >= 15 is 13.9 Å². The van der Waals surface area contributed by atoms with Gasteiger partial charge >= 0.3 is 47.3 Å². The fourth-order valence-corrected chi connectivity index (χ4v) is 22.9. The minimum absolute atomic E-state index is 0.00326. The number of carbonyl (C=O) groups is 5. The van der Waals surface area contributed by atoms with Crippen molar-refractivity contribution in [2.24, 2.45) is 5.92 Å². The molecule has 822 valence electrons. The number of phosphoric acid groups is 2. The number of ketones is 1. The zero-order valence-corrected chi connectivity index (χ0v) is 93.3. The molecule has 17 atom stereocenters. The molecule has 0 radical (unpaired) electrons. The highest BCUT2D eigenvalue weighted by atomic mass is 31.2. The molecule has 10 rings (SSSR count). The van der Waals surface area contributed by atoms with E-state index in [-0.39, 0.29) is 65.0 Å². The molecule has 149 heavy (non-hydrogen) atoms. The number of hydrogen-bond donors (Lipinski definition) is 5. The molecule has 9 heterocycles. The van der Waals surface area contributed by atoms with Crippen LogP contribution in [0.15, 0.2) is 71.9 Å². The zero-order chi connectivity index (χ0) is 109. The number of aliphatic hydroxyl groups is 1. The van der Waals surface area contributed by atoms with Gasteiger partial charge in [-0.15, -0.1) is 0 Å². The summed E-state index contributed by atoms with van der Waals surface area (Å²) in [6.45, 7) is 50.7. The molecule has 0 spiro atoms. The Kier molecular flexibility index (Phi) is 45.1. The normalized spacial score (nSPS) is 22.1. The smallest absolute Gasteiger partial charge is 0.475 e. The van der Waals surface area contributed by atoms with Crippen LogP contribution in [0.5, 0.6) is 5.75 Å². The maximum Gasteiger partial charge on any atom is 0.475 e. The molecule has 51 heteroatoms. The maximum atomic E-state index is 16.7. The molecular weight excluding hydrogens is 2030 g/mol. The molecule has 4 fully saturated rings. The van der Waals surface area contributed by atoms with Gasteiger partial charge in [-0.1, -0.05) is 159 Å². The predicted molar refractivity (Wildman–Crippen MR) is 554 cm³/mol. The number of esters is 1. The first-order valence-electron chi connectivity index (χ1n) is 50.7. The number of imidazole rings is 1. The van der Waals surface area contributed by atoms with Crippen molar-refractivity contribution < 1.29 is 116 Å². The van der Waals surface area contributed by atoms with Crippen LogP contribution in [0.3, 0.4) is 0 Å². The van der Waals surface area contributed by atoms with Crippen LogP contribution >= 0.6 is 24.2 Å². The highest BCUT2D eigenvalue weighted by Crippen LogP contribution is 2.59. The van der Waals surface area contributed by atoms with E-state index in [9.17, 15) is 53.1 Å². The van der Waals surface area contributed by atoms with Crippen LogP contribution in [-0.4, -0.2) is 232 Å². The van der Waals surface area contributed by atoms with E-state index < -0.39 is 272 Å². The summed E-state index contributed by atoms with van der Waals surface area (Å²) in [7, 11) is -20.1. The van der Waals surface area contributed by atoms with E-state index in [2.05, 4.69) is 57.0 Å². The number of carbonyl (C=O) groups excluding carboxylic acids is 5. The number of nitrogens with zero attached hydrogens (tertiary/aromatic N) is 11. The summed E-state index contributed by atoms with van der Waals surface area (Å²) >= 11 is 0. The van der Waals surface area contributed by atoms with E-state index in [0.717, 1.165) is 63.8 Å². The average Bonchev–Trinajstić information content (AvgIpc) is 1.59. The summed E-state index contributed by atoms with van der Waals surface area (Å²) in [5.74, 6) is -3.99. The van der Waals surface area contributed by atoms with Gasteiger partial charge in [-0.2, -0.15) is 14.5 Å². The van der Waals surface area contributed by atoms with Gasteiger partial charge in [0.2, 0.25) is 37.4 Å². The number of aryl methyl sites for hydroxylation is 3. The lowest BCUT2D eigenvalue weighted by Gasteiger charge is -2.41. The Morgan fingerprint density at radius 2 is 1.14 bits per heavy atom. The van der Waals surface area contributed by atoms with Gasteiger partial charge in [-0.05, 0) is 107 Å². The summed E-state index contributed by atoms with van der Waals surface area (Å²) in [5.41, 5.74) is -4.94. The lowest BCUT2D eigenvalue weighted by Crippen LogP contribution is -2.50. The molecule has 5 unspecified atom stereocenters. The zero-order valence-electron chi connectivity index (χ0n) is 88.6. The number of fused-ring (bicyclic) bond motifs is 1. The second-order valence-electron chi connectivity index (χ2n) is 41.0. The van der Waals surface area contributed by atoms with E-state index in [4.69, 9.17) is 97.7 Å². The van der Waals surface area contributed by atoms with Crippen molar-refractivity contribution in [1.29, 1.82) is 0 Å². The number of unbranched alkanes of at least 4 members (excludes halogenated alkanes) is 15. The van der Waals surface area contributed by atoms with Crippen LogP contribution in [0.25, 0.3) is 25.7 Å². The Balaban J connectivity index is 0.985. The third kappa shape index (κ3) is 33.3. The Bertz CT molecular complexity index is 6210. The molecule has 1 aromatic carbocycles. The number of aliphatic hydroxyl groups excluding tert-OH is 1. The second-order valence-corrected chi connectivity index (χ2v) is 54.9. The molecule has 2 amide bonds. The average molecular weight is 2180 g/mol. The number of aromatic amines is 2. The van der Waals surface area contributed by atoms with E-state index in [1.165, 1.54) is 134 Å². The maximum absolute atomic E-state index is 16.7. The van der Waals surface area contributed by atoms with Gasteiger partial charge in [-0.3, -0.25) is 94.3 Å². The van der Waals surface area contributed by atoms with Gasteiger partial charge in [0.05, 0.1) is 45.8 Å². The summed E-state index contributed by atoms with van der Waals surface area (Å²) in [6, 6.07) is 4.37. The molecule has 0 bridgehead atoms. The van der Waals surface area contributed by atoms with Crippen LogP contribution in [0.2, 0.25) is 36.3 Å². The van der Waals surface area contributed by atoms with Crippen molar-refractivity contribution in [3.8, 4) is 5.75 Å². The van der Waals surface area contributed by atoms with Crippen molar-refractivity contribution in [1.82, 2.24) is 47.8 Å². The Morgan fingerprint density at radius 1 is 0.597 bits per heavy atom. The lowest BCUT2D eigenvalue weighted by molar-refractivity contribution is -0.153. The van der Waals surface area contributed by atoms with Gasteiger partial charge in [0.1, 0.15) is 111 Å². The van der Waals surface area contributed by atoms with Crippen LogP contribution < -0.4 is 49.1 Å². The van der Waals surface area contributed by atoms with Crippen LogP contribution in [0, 0.1) is 53.3 Å². The van der Waals surface area contributed by atoms with Crippen molar-refractivity contribution in [2.75, 3.05) is 83.1 Å². The fraction of sp³-hybridized carbons (Fsp3) is 0.684. The number of rotatable bonds is 59. The third-order valence-corrected chi connectivity index (χ3v) is 40.0. The number of nitrogens with one attached hydrogen (secondary N) is 4. The molecule has 4 aliphatic heterocycles. The summed E-state index contributed by atoms with van der Waals surface area (Å²) in [4.78, 5) is 179. The molecule has 46 nitrogen and oxygen atoms in total. The molecule has 4 aliphatic rings. The SMILES string of the molecule is [C-]#[N+]CCOP(OC[C@H]1O[C@@H](n2cnc3c(=O)[nH]c(NC(=O)C(C)C)nc32)C(O[Si](C)(C)C(C)(C)C)[C@H]1OP(=O)(OCC[N+]#[C-])OC[C@H]1O[C@@H](n2cc(C)c(=O)[nH]c2=O)C[C@H]1OP(=O)(OCC[N+]#[C-])OC[C@H]1O[C@@H](n2cc(C)c(=O)n(C(=O)c3cc(C)c(C)c(OCCCCCCCCCCCCCCCCCC)c3)c2=O)C[C@H]1OC(=O)CCC(C)=O)O[C@@H]1C(O[Si](C)(C)C(C)(C)C)[C@H](n2ccc(NC(C)=O)nc2=O)O[C@@H]1CO. The van der Waals surface area contributed by atoms with Gasteiger partial charge in [0.25, 0.3) is 22.6 Å². The number of Topliss-reactive ketones (excluding diaryl/α,β-unsaturated/α-hetero) is 1. The van der Waals surface area contributed by atoms with E-state index in [1.54, 1.807) is 20.8 Å². The fourth-order valence-electron chi connectivity index (χ4n) is 16.4. The van der Waals surface area contributed by atoms with Gasteiger partial charge in [0.15, 0.2) is 40.3 Å². The number of ether oxygens (including phenoxy) is 6. The van der Waals surface area contributed by atoms with Crippen molar-refractivity contribution in [3.63, 3.8) is 0 Å². The standard InChI is InChI=1S/C98H146N15O31P3Si2/c1-23-24-25-26-27-28-29-30-31-32-33-34-35-36-37-38-46-128-69-51-68(50-62(4)66(69)8)90(122)113-89(121)64(6)55-111(96(113)125)78-52-70(137-79(117)40-39-65(7)115)73(135-78)58-133-146(126,131-48-43-100-17)141-71-53-77(110-54-63(5)87(119)108-95(110)124)136-74(71)59-134-147(127,132-49-44-101-18)142-82-75(139-92(84(82)144-149(21,22)98(13,14)15)112-60-102-80-85(112)105-93(107-88(80)120)106-86(118)61(2)3)57-130-145(129-47-42-99-16)140-81-72(56-114)138-91(83(81)143-148(19,20)97(10,11)12)109-45-41-76(103-67(9)116)104-94(109)123/h41,45,50-51,54-55,60-61,70-75,77-78,81-84,91-92,114H,23-40,42-44,46-49,52-53,56-59H2,1-15,19-22H3,(H,108,119,124)(H,103,104,116,123)(H2,105,106,107,118,120)/t70-,71-,72-,73-,74-,75-,77-,78-,81+,82+,83?,84?,91-,92-,145?,146?,147?/m1/s1. The monoisotopic (exact) mass is 2180 g/mol. The first-order valence-corrected chi connectivity index (χ1v) is 60.6. The highest BCUT2D eigenvalue weighted by molar-refractivity contribution is 7.48. The molecule has 6 aromatic rings. The van der Waals surface area contributed by atoms with Gasteiger partial charge in [-0.25, -0.2) is 48.2 Å². The number of aromatic nitrogens is 10. The number of amides is 2. The largest absolute Gasteiger partial charge is 0.493 e. The topological polar surface area (TPSA) is 531 Å². The Hall–Kier alpha value is -9.49. The first kappa shape index (κ1) is 121. The minimum Gasteiger partial charge on any atom is -0.493 e. The Labute approximate surface area is 869 Å². The molecule has 0 saturated carbocycles. The van der Waals surface area contributed by atoms with E-state index in [0.29, 0.717) is 22.5 Å². The van der Waals surface area contributed by atoms with Crippen molar-refractivity contribution in [2.45, 2.75) is 354 Å².